The van der Waals surface area contributed by atoms with E-state index in [9.17, 15) is 0 Å². The van der Waals surface area contributed by atoms with Crippen LogP contribution in [0.2, 0.25) is 0 Å². The summed E-state index contributed by atoms with van der Waals surface area (Å²) >= 11 is 0. The number of fused-ring (bicyclic) bond motifs is 1. The van der Waals surface area contributed by atoms with Gasteiger partial charge in [-0.3, -0.25) is 0 Å². The molecule has 0 amide bonds. The van der Waals surface area contributed by atoms with Gasteiger partial charge in [-0.2, -0.15) is 0 Å². The Hall–Kier alpha value is -0.820. The molecule has 0 saturated carbocycles. The second-order valence-electron chi connectivity index (χ2n) is 4.56. The van der Waals surface area contributed by atoms with Gasteiger partial charge >= 0.3 is 0 Å². The maximum atomic E-state index is 3.40. The maximum absolute atomic E-state index is 3.40. The molecule has 1 N–H and O–H groups in total. The van der Waals surface area contributed by atoms with Gasteiger partial charge in [0.15, 0.2) is 0 Å². The zero-order valence-electron chi connectivity index (χ0n) is 9.25. The van der Waals surface area contributed by atoms with Crippen molar-refractivity contribution in [3.05, 3.63) is 35.4 Å². The number of benzene rings is 1. The molecule has 0 spiro atoms. The number of rotatable bonds is 2. The average Bonchev–Trinajstić information content (AvgIpc) is 2.56. The molecule has 2 unspecified atom stereocenters. The summed E-state index contributed by atoms with van der Waals surface area (Å²) in [5, 5.41) is 3.40. The highest BCUT2D eigenvalue weighted by Crippen LogP contribution is 2.43. The van der Waals surface area contributed by atoms with Crippen LogP contribution in [0.15, 0.2) is 24.3 Å². The summed E-state index contributed by atoms with van der Waals surface area (Å²) in [6.07, 6.45) is 1.26. The van der Waals surface area contributed by atoms with E-state index in [1.807, 2.05) is 0 Å². The third kappa shape index (κ3) is 1.46. The molecule has 0 radical (unpaired) electrons. The summed E-state index contributed by atoms with van der Waals surface area (Å²) in [5.41, 5.74) is 3.07. The van der Waals surface area contributed by atoms with E-state index in [1.54, 1.807) is 5.56 Å². The molecule has 1 aliphatic rings. The molecule has 0 aliphatic heterocycles. The average molecular weight is 189 g/mol. The van der Waals surface area contributed by atoms with Gasteiger partial charge in [-0.1, -0.05) is 38.1 Å². The molecular formula is C13H19N. The lowest BCUT2D eigenvalue weighted by Crippen LogP contribution is -2.13. The highest BCUT2D eigenvalue weighted by atomic mass is 14.9. The second kappa shape index (κ2) is 3.74. The van der Waals surface area contributed by atoms with E-state index in [2.05, 4.69) is 50.5 Å². The first kappa shape index (κ1) is 9.72. The zero-order chi connectivity index (χ0) is 10.1. The lowest BCUT2D eigenvalue weighted by molar-refractivity contribution is 0.445. The van der Waals surface area contributed by atoms with Crippen LogP contribution in [0.25, 0.3) is 0 Å². The molecule has 1 nitrogen and oxygen atoms in total. The Morgan fingerprint density at radius 3 is 2.43 bits per heavy atom. The Bertz CT molecular complexity index is 317. The van der Waals surface area contributed by atoms with E-state index in [0.717, 1.165) is 11.8 Å². The Morgan fingerprint density at radius 1 is 1.21 bits per heavy atom. The van der Waals surface area contributed by atoms with Gasteiger partial charge < -0.3 is 5.32 Å². The number of hydrogen-bond acceptors (Lipinski definition) is 1. The third-order valence-electron chi connectivity index (χ3n) is 3.41. The van der Waals surface area contributed by atoms with E-state index in [0.29, 0.717) is 6.04 Å². The lowest BCUT2D eigenvalue weighted by atomic mass is 9.90. The Kier molecular flexibility index (Phi) is 2.60. The normalized spacial score (nSPS) is 25.4. The van der Waals surface area contributed by atoms with Gasteiger partial charge in [-0.05, 0) is 36.4 Å². The van der Waals surface area contributed by atoms with Crippen molar-refractivity contribution in [3.8, 4) is 0 Å². The van der Waals surface area contributed by atoms with Crippen LogP contribution in [0.1, 0.15) is 43.4 Å². The van der Waals surface area contributed by atoms with Crippen molar-refractivity contribution in [1.82, 2.24) is 5.32 Å². The van der Waals surface area contributed by atoms with Gasteiger partial charge in [0.1, 0.15) is 0 Å². The summed E-state index contributed by atoms with van der Waals surface area (Å²) in [4.78, 5) is 0. The van der Waals surface area contributed by atoms with Crippen molar-refractivity contribution in [1.29, 1.82) is 0 Å². The Balaban J connectivity index is 2.38. The van der Waals surface area contributed by atoms with Crippen LogP contribution >= 0.6 is 0 Å². The van der Waals surface area contributed by atoms with Gasteiger partial charge in [0.25, 0.3) is 0 Å². The zero-order valence-corrected chi connectivity index (χ0v) is 9.25. The quantitative estimate of drug-likeness (QED) is 0.754. The SMILES string of the molecule is CNC1CC(C(C)C)c2ccccc21. The second-order valence-corrected chi connectivity index (χ2v) is 4.56. The Morgan fingerprint density at radius 2 is 1.86 bits per heavy atom. The van der Waals surface area contributed by atoms with E-state index in [-0.39, 0.29) is 0 Å². The fourth-order valence-electron chi connectivity index (χ4n) is 2.58. The van der Waals surface area contributed by atoms with Crippen LogP contribution in [0.5, 0.6) is 0 Å². The van der Waals surface area contributed by atoms with E-state index >= 15 is 0 Å². The fraction of sp³-hybridized carbons (Fsp3) is 0.538. The largest absolute Gasteiger partial charge is 0.313 e. The van der Waals surface area contributed by atoms with E-state index in [1.165, 1.54) is 12.0 Å². The first-order chi connectivity index (χ1) is 6.74. The van der Waals surface area contributed by atoms with Crippen LogP contribution < -0.4 is 5.32 Å². The van der Waals surface area contributed by atoms with Crippen molar-refractivity contribution >= 4 is 0 Å². The summed E-state index contributed by atoms with van der Waals surface area (Å²) in [7, 11) is 2.06. The molecule has 0 heterocycles. The van der Waals surface area contributed by atoms with Crippen molar-refractivity contribution in [3.63, 3.8) is 0 Å². The van der Waals surface area contributed by atoms with Crippen molar-refractivity contribution in [2.75, 3.05) is 7.05 Å². The summed E-state index contributed by atoms with van der Waals surface area (Å²) < 4.78 is 0. The molecule has 0 fully saturated rings. The van der Waals surface area contributed by atoms with Gasteiger partial charge in [-0.25, -0.2) is 0 Å². The molecule has 14 heavy (non-hydrogen) atoms. The van der Waals surface area contributed by atoms with Crippen molar-refractivity contribution < 1.29 is 0 Å². The summed E-state index contributed by atoms with van der Waals surface area (Å²) in [6.45, 7) is 4.64. The summed E-state index contributed by atoms with van der Waals surface area (Å²) in [5.74, 6) is 1.48. The lowest BCUT2D eigenvalue weighted by Gasteiger charge is -2.15. The van der Waals surface area contributed by atoms with Crippen LogP contribution in [-0.2, 0) is 0 Å². The molecular weight excluding hydrogens is 170 g/mol. The molecule has 0 bridgehead atoms. The number of nitrogens with one attached hydrogen (secondary N) is 1. The fourth-order valence-corrected chi connectivity index (χ4v) is 2.58. The first-order valence-electron chi connectivity index (χ1n) is 5.50. The molecule has 0 aromatic heterocycles. The van der Waals surface area contributed by atoms with Crippen LogP contribution in [0, 0.1) is 5.92 Å². The topological polar surface area (TPSA) is 12.0 Å². The Labute approximate surface area is 86.5 Å². The molecule has 0 saturated heterocycles. The monoisotopic (exact) mass is 189 g/mol. The predicted molar refractivity (Wildman–Crippen MR) is 60.4 cm³/mol. The molecule has 2 atom stereocenters. The van der Waals surface area contributed by atoms with Gasteiger partial charge in [-0.15, -0.1) is 0 Å². The third-order valence-corrected chi connectivity index (χ3v) is 3.41. The molecule has 1 heteroatoms. The molecule has 76 valence electrons. The first-order valence-corrected chi connectivity index (χ1v) is 5.50. The van der Waals surface area contributed by atoms with Crippen LogP contribution in [0.3, 0.4) is 0 Å². The van der Waals surface area contributed by atoms with Crippen molar-refractivity contribution in [2.24, 2.45) is 5.92 Å². The molecule has 1 aromatic rings. The minimum absolute atomic E-state index is 0.568. The van der Waals surface area contributed by atoms with Crippen LogP contribution in [-0.4, -0.2) is 7.05 Å². The maximum Gasteiger partial charge on any atom is 0.0326 e. The smallest absolute Gasteiger partial charge is 0.0326 e. The van der Waals surface area contributed by atoms with Crippen LogP contribution in [0.4, 0.5) is 0 Å². The van der Waals surface area contributed by atoms with Gasteiger partial charge in [0, 0.05) is 6.04 Å². The minimum atomic E-state index is 0.568. The molecule has 1 aromatic carbocycles. The van der Waals surface area contributed by atoms with Crippen molar-refractivity contribution in [2.45, 2.75) is 32.2 Å². The van der Waals surface area contributed by atoms with E-state index < -0.39 is 0 Å². The van der Waals surface area contributed by atoms with Gasteiger partial charge in [0.2, 0.25) is 0 Å². The molecule has 2 rings (SSSR count). The predicted octanol–water partition coefficient (Wildman–Crippen LogP) is 3.09. The van der Waals surface area contributed by atoms with E-state index in [4.69, 9.17) is 0 Å². The summed E-state index contributed by atoms with van der Waals surface area (Å²) in [6, 6.07) is 9.42. The standard InChI is InChI=1S/C13H19N/c1-9(2)12-8-13(14-3)11-7-5-4-6-10(11)12/h4-7,9,12-14H,8H2,1-3H3. The number of hydrogen-bond donors (Lipinski definition) is 1. The molecule has 1 aliphatic carbocycles. The van der Waals surface area contributed by atoms with Gasteiger partial charge in [0.05, 0.1) is 0 Å². The highest BCUT2D eigenvalue weighted by molar-refractivity contribution is 5.38. The highest BCUT2D eigenvalue weighted by Gasteiger charge is 2.30. The minimum Gasteiger partial charge on any atom is -0.313 e.